The highest BCUT2D eigenvalue weighted by Gasteiger charge is 2.25. The van der Waals surface area contributed by atoms with Gasteiger partial charge in [0.15, 0.2) is 0 Å². The summed E-state index contributed by atoms with van der Waals surface area (Å²) in [5, 5.41) is 0. The van der Waals surface area contributed by atoms with Crippen LogP contribution in [0.4, 0.5) is 0 Å². The van der Waals surface area contributed by atoms with Crippen molar-refractivity contribution in [3.05, 3.63) is 0 Å². The van der Waals surface area contributed by atoms with Crippen molar-refractivity contribution in [2.24, 2.45) is 17.3 Å². The van der Waals surface area contributed by atoms with Gasteiger partial charge in [-0.1, -0.05) is 53.4 Å². The summed E-state index contributed by atoms with van der Waals surface area (Å²) in [7, 11) is 0. The van der Waals surface area contributed by atoms with E-state index < -0.39 is 0 Å². The second-order valence-electron chi connectivity index (χ2n) is 5.79. The molecule has 0 aromatic heterocycles. The molecule has 0 aromatic carbocycles. The van der Waals surface area contributed by atoms with Crippen LogP contribution in [-0.2, 0) is 0 Å². The smallest absolute Gasteiger partial charge is 0.0380 e. The molecule has 0 heteroatoms. The van der Waals surface area contributed by atoms with E-state index in [4.69, 9.17) is 0 Å². The van der Waals surface area contributed by atoms with Gasteiger partial charge < -0.3 is 0 Å². The summed E-state index contributed by atoms with van der Waals surface area (Å²) in [5.74, 6) is 2.00. The first kappa shape index (κ1) is 10.1. The van der Waals surface area contributed by atoms with Crippen molar-refractivity contribution in [1.29, 1.82) is 0 Å². The highest BCUT2D eigenvalue weighted by molar-refractivity contribution is 4.76. The zero-order chi connectivity index (χ0) is 9.19. The van der Waals surface area contributed by atoms with E-state index in [9.17, 15) is 0 Å². The molecule has 0 unspecified atom stereocenters. The van der Waals surface area contributed by atoms with Gasteiger partial charge in [-0.25, -0.2) is 0 Å². The van der Waals surface area contributed by atoms with Gasteiger partial charge >= 0.3 is 0 Å². The molecule has 0 aliphatic heterocycles. The molecular weight excluding hydrogens is 144 g/mol. The van der Waals surface area contributed by atoms with Crippen LogP contribution < -0.4 is 0 Å². The Bertz CT molecular complexity index is 129. The van der Waals surface area contributed by atoms with Gasteiger partial charge in [-0.05, 0) is 23.7 Å². The van der Waals surface area contributed by atoms with Gasteiger partial charge in [0.1, 0.15) is 0 Å². The summed E-state index contributed by atoms with van der Waals surface area (Å²) in [6, 6.07) is 0. The van der Waals surface area contributed by atoms with Crippen LogP contribution in [0.5, 0.6) is 0 Å². The molecule has 0 saturated heterocycles. The lowest BCUT2D eigenvalue weighted by atomic mass is 9.72. The Labute approximate surface area is 77.7 Å². The third-order valence-corrected chi connectivity index (χ3v) is 3.16. The van der Waals surface area contributed by atoms with Gasteiger partial charge in [-0.15, -0.1) is 0 Å². The molecule has 0 aromatic rings. The van der Waals surface area contributed by atoms with Crippen molar-refractivity contribution < 1.29 is 0 Å². The Kier molecular flexibility index (Phi) is 3.20. The second-order valence-corrected chi connectivity index (χ2v) is 5.79. The van der Waals surface area contributed by atoms with Crippen LogP contribution in [0.15, 0.2) is 0 Å². The lowest BCUT2D eigenvalue weighted by Gasteiger charge is -2.33. The fraction of sp³-hybridized carbons (Fsp3) is 1.00. The second kappa shape index (κ2) is 3.81. The summed E-state index contributed by atoms with van der Waals surface area (Å²) < 4.78 is 0. The maximum atomic E-state index is 2.44. The van der Waals surface area contributed by atoms with Crippen molar-refractivity contribution in [3.8, 4) is 0 Å². The van der Waals surface area contributed by atoms with Crippen LogP contribution in [0.25, 0.3) is 0 Å². The Morgan fingerprint density at radius 2 is 1.67 bits per heavy atom. The van der Waals surface area contributed by atoms with Gasteiger partial charge in [0.25, 0.3) is 0 Å². The molecule has 0 radical (unpaired) electrons. The molecule has 0 heterocycles. The number of rotatable bonds is 1. The Morgan fingerprint density at radius 1 is 1.08 bits per heavy atom. The highest BCUT2D eigenvalue weighted by Crippen LogP contribution is 2.37. The first-order valence-corrected chi connectivity index (χ1v) is 5.49. The molecule has 12 heavy (non-hydrogen) atoms. The monoisotopic (exact) mass is 168 g/mol. The van der Waals surface area contributed by atoms with Crippen LogP contribution in [0, 0.1) is 17.3 Å². The van der Waals surface area contributed by atoms with Crippen molar-refractivity contribution in [2.75, 3.05) is 0 Å². The summed E-state index contributed by atoms with van der Waals surface area (Å²) in [6.07, 6.45) is 7.33. The Balaban J connectivity index is 2.39. The lowest BCUT2D eigenvalue weighted by Crippen LogP contribution is -2.22. The van der Waals surface area contributed by atoms with Gasteiger partial charge in [0, 0.05) is 0 Å². The Hall–Kier alpha value is 0. The topological polar surface area (TPSA) is 0 Å². The van der Waals surface area contributed by atoms with Crippen LogP contribution in [-0.4, -0.2) is 0 Å². The average Bonchev–Trinajstić information content (AvgIpc) is 1.91. The van der Waals surface area contributed by atoms with E-state index in [-0.39, 0.29) is 0 Å². The summed E-state index contributed by atoms with van der Waals surface area (Å²) in [5.41, 5.74) is 0.538. The van der Waals surface area contributed by atoms with Crippen LogP contribution in [0.3, 0.4) is 0 Å². The van der Waals surface area contributed by atoms with Crippen LogP contribution >= 0.6 is 0 Å². The predicted molar refractivity (Wildman–Crippen MR) is 55.2 cm³/mol. The minimum Gasteiger partial charge on any atom is -0.0622 e. The van der Waals surface area contributed by atoms with Gasteiger partial charge in [0.2, 0.25) is 0 Å². The minimum atomic E-state index is 0.538. The molecule has 1 fully saturated rings. The van der Waals surface area contributed by atoms with E-state index in [2.05, 4.69) is 27.7 Å². The zero-order valence-electron chi connectivity index (χ0n) is 9.19. The van der Waals surface area contributed by atoms with Gasteiger partial charge in [-0.2, -0.15) is 0 Å². The summed E-state index contributed by atoms with van der Waals surface area (Å²) in [4.78, 5) is 0. The maximum absolute atomic E-state index is 2.44. The molecule has 1 rings (SSSR count). The van der Waals surface area contributed by atoms with E-state index in [0.717, 1.165) is 11.8 Å². The van der Waals surface area contributed by atoms with Crippen LogP contribution in [0.1, 0.15) is 59.8 Å². The molecule has 0 spiro atoms. The highest BCUT2D eigenvalue weighted by atomic mass is 14.3. The molecule has 1 saturated carbocycles. The fourth-order valence-electron chi connectivity index (χ4n) is 2.48. The molecule has 0 amide bonds. The van der Waals surface area contributed by atoms with E-state index in [0.29, 0.717) is 5.41 Å². The summed E-state index contributed by atoms with van der Waals surface area (Å²) in [6.45, 7) is 9.55. The van der Waals surface area contributed by atoms with Crippen LogP contribution in [0.2, 0.25) is 0 Å². The molecule has 1 aliphatic rings. The first-order valence-electron chi connectivity index (χ1n) is 5.49. The van der Waals surface area contributed by atoms with Gasteiger partial charge in [-0.3, -0.25) is 0 Å². The Morgan fingerprint density at radius 3 is 2.17 bits per heavy atom. The molecule has 0 N–H and O–H groups in total. The minimum absolute atomic E-state index is 0.538. The lowest BCUT2D eigenvalue weighted by molar-refractivity contribution is 0.180. The van der Waals surface area contributed by atoms with Crippen molar-refractivity contribution in [2.45, 2.75) is 59.8 Å². The molecule has 0 bridgehead atoms. The van der Waals surface area contributed by atoms with E-state index >= 15 is 0 Å². The molecule has 1 aliphatic carbocycles. The predicted octanol–water partition coefficient (Wildman–Crippen LogP) is 4.25. The van der Waals surface area contributed by atoms with E-state index in [1.165, 1.54) is 32.1 Å². The van der Waals surface area contributed by atoms with Crippen molar-refractivity contribution in [1.82, 2.24) is 0 Å². The summed E-state index contributed by atoms with van der Waals surface area (Å²) >= 11 is 0. The van der Waals surface area contributed by atoms with E-state index in [1.807, 2.05) is 0 Å². The number of hydrogen-bond acceptors (Lipinski definition) is 0. The largest absolute Gasteiger partial charge is 0.0622 e. The third kappa shape index (κ3) is 3.16. The molecule has 0 nitrogen and oxygen atoms in total. The molecule has 2 atom stereocenters. The third-order valence-electron chi connectivity index (χ3n) is 3.16. The quantitative estimate of drug-likeness (QED) is 0.549. The first-order chi connectivity index (χ1) is 5.49. The van der Waals surface area contributed by atoms with Gasteiger partial charge in [0.05, 0.1) is 0 Å². The normalized spacial score (nSPS) is 32.0. The SMILES string of the molecule is C[C@@H]1CCCC[C@@H]1CC(C)(C)C. The zero-order valence-corrected chi connectivity index (χ0v) is 9.19. The maximum Gasteiger partial charge on any atom is -0.0380 e. The molecule has 72 valence electrons. The van der Waals surface area contributed by atoms with Crippen molar-refractivity contribution >= 4 is 0 Å². The number of hydrogen-bond donors (Lipinski definition) is 0. The fourth-order valence-corrected chi connectivity index (χ4v) is 2.48. The van der Waals surface area contributed by atoms with E-state index in [1.54, 1.807) is 0 Å². The average molecular weight is 168 g/mol. The van der Waals surface area contributed by atoms with Crippen molar-refractivity contribution in [3.63, 3.8) is 0 Å². The molecular formula is C12H24. The standard InChI is InChI=1S/C12H24/c1-10-7-5-6-8-11(10)9-12(2,3)4/h10-11H,5-9H2,1-4H3/t10-,11-/m1/s1.